The van der Waals surface area contributed by atoms with Gasteiger partial charge in [0.25, 0.3) is 0 Å². The van der Waals surface area contributed by atoms with Crippen molar-refractivity contribution in [2.45, 2.75) is 0 Å². The minimum absolute atomic E-state index is 0. The minimum atomic E-state index is -1.13. The van der Waals surface area contributed by atoms with Gasteiger partial charge in [0, 0.05) is 5.02 Å². The van der Waals surface area contributed by atoms with E-state index in [1.54, 1.807) is 18.2 Å². The maximum Gasteiger partial charge on any atom is 1.00 e. The van der Waals surface area contributed by atoms with Crippen LogP contribution in [0.4, 0.5) is 11.4 Å². The second-order valence-corrected chi connectivity index (χ2v) is 4.41. The van der Waals surface area contributed by atoms with E-state index < -0.39 is 11.9 Å². The van der Waals surface area contributed by atoms with Gasteiger partial charge in [-0.2, -0.15) is 0 Å². The molecule has 21 heavy (non-hydrogen) atoms. The number of carbonyl (C=O) groups is 2. The Balaban J connectivity index is 0.00000220. The number of anilines is 2. The average molecular weight is 316 g/mol. The summed E-state index contributed by atoms with van der Waals surface area (Å²) in [5.74, 6) is -2.23. The smallest absolute Gasteiger partial charge is 1.00 e. The fourth-order valence-corrected chi connectivity index (χ4v) is 1.90. The van der Waals surface area contributed by atoms with Gasteiger partial charge in [0.1, 0.15) is 0 Å². The number of benzene rings is 2. The normalized spacial score (nSPS) is 9.57. The molecule has 2 rings (SSSR count). The maximum atomic E-state index is 11.1. The zero-order valence-corrected chi connectivity index (χ0v) is 13.9. The first kappa shape index (κ1) is 17.5. The van der Waals surface area contributed by atoms with Crippen molar-refractivity contribution >= 4 is 34.9 Å². The van der Waals surface area contributed by atoms with Crippen molar-refractivity contribution in [2.75, 3.05) is 5.32 Å². The fourth-order valence-electron chi connectivity index (χ4n) is 1.73. The van der Waals surface area contributed by atoms with E-state index in [9.17, 15) is 9.59 Å². The van der Waals surface area contributed by atoms with Crippen LogP contribution < -0.4 is 34.9 Å². The van der Waals surface area contributed by atoms with Gasteiger partial charge >= 0.3 is 41.5 Å². The van der Waals surface area contributed by atoms with E-state index in [1.807, 2.05) is 0 Å². The van der Waals surface area contributed by atoms with Crippen molar-refractivity contribution in [3.05, 3.63) is 58.6 Å². The number of carboxylic acid groups (broad SMARTS) is 2. The average Bonchev–Trinajstić information content (AvgIpc) is 2.38. The molecule has 2 aromatic carbocycles. The molecule has 104 valence electrons. The Hall–Kier alpha value is -1.53. The molecule has 7 heteroatoms. The summed E-state index contributed by atoms with van der Waals surface area (Å²) in [4.78, 5) is 22.3. The summed E-state index contributed by atoms with van der Waals surface area (Å²) in [5.41, 5.74) is 0.585. The van der Waals surface area contributed by atoms with Crippen LogP contribution in [-0.4, -0.2) is 22.2 Å². The summed E-state index contributed by atoms with van der Waals surface area (Å²) in [5, 5.41) is 21.4. The van der Waals surface area contributed by atoms with E-state index in [0.717, 1.165) is 0 Å². The van der Waals surface area contributed by atoms with Crippen LogP contribution in [0.5, 0.6) is 0 Å². The molecule has 2 aromatic rings. The summed E-state index contributed by atoms with van der Waals surface area (Å²) in [7, 11) is 0. The Morgan fingerprint density at radius 2 is 1.52 bits per heavy atom. The van der Waals surface area contributed by atoms with E-state index in [0.29, 0.717) is 10.7 Å². The van der Waals surface area contributed by atoms with Crippen molar-refractivity contribution in [2.24, 2.45) is 0 Å². The Morgan fingerprint density at radius 1 is 0.952 bits per heavy atom. The van der Waals surface area contributed by atoms with Crippen LogP contribution in [0.2, 0.25) is 5.02 Å². The standard InChI is InChI=1S/C14H10ClNO4.Na.H/c15-8-5-6-10(14(19)20)12(7-8)16-11-4-2-1-3-9(11)13(17)18;;/h1-7,16H,(H,17,18)(H,19,20);;/q;+1;-1. The number of nitrogens with one attached hydrogen (secondary N) is 1. The molecule has 5 nitrogen and oxygen atoms in total. The van der Waals surface area contributed by atoms with Crippen molar-refractivity contribution in [1.82, 2.24) is 0 Å². The van der Waals surface area contributed by atoms with Gasteiger partial charge in [0.15, 0.2) is 0 Å². The van der Waals surface area contributed by atoms with Gasteiger partial charge in [-0.1, -0.05) is 23.7 Å². The van der Waals surface area contributed by atoms with E-state index in [1.165, 1.54) is 24.3 Å². The predicted molar refractivity (Wildman–Crippen MR) is 76.2 cm³/mol. The molecule has 0 amide bonds. The van der Waals surface area contributed by atoms with Crippen LogP contribution in [-0.2, 0) is 0 Å². The maximum absolute atomic E-state index is 11.1. The molecule has 3 N–H and O–H groups in total. The topological polar surface area (TPSA) is 86.6 Å². The Labute approximate surface area is 149 Å². The molecule has 0 spiro atoms. The van der Waals surface area contributed by atoms with Crippen LogP contribution in [0.3, 0.4) is 0 Å². The van der Waals surface area contributed by atoms with E-state index in [4.69, 9.17) is 21.8 Å². The molecule has 0 fully saturated rings. The summed E-state index contributed by atoms with van der Waals surface area (Å²) in [6.45, 7) is 0. The second kappa shape index (κ2) is 7.47. The van der Waals surface area contributed by atoms with Gasteiger partial charge in [-0.25, -0.2) is 9.59 Å². The van der Waals surface area contributed by atoms with Crippen LogP contribution in [0.1, 0.15) is 22.1 Å². The number of halogens is 1. The van der Waals surface area contributed by atoms with Crippen LogP contribution in [0, 0.1) is 0 Å². The molecule has 0 saturated heterocycles. The molecule has 0 aromatic heterocycles. The SMILES string of the molecule is O=C(O)c1ccccc1Nc1cc(Cl)ccc1C(=O)O.[H-].[Na+]. The molecule has 0 aliphatic carbocycles. The first-order valence-corrected chi connectivity index (χ1v) is 5.99. The van der Waals surface area contributed by atoms with Crippen molar-refractivity contribution in [1.29, 1.82) is 0 Å². The van der Waals surface area contributed by atoms with Crippen LogP contribution in [0.25, 0.3) is 0 Å². The monoisotopic (exact) mass is 315 g/mol. The fraction of sp³-hybridized carbons (Fsp3) is 0. The third kappa shape index (κ3) is 4.22. The number of aromatic carboxylic acids is 2. The molecule has 0 atom stereocenters. The van der Waals surface area contributed by atoms with Crippen molar-refractivity contribution in [3.8, 4) is 0 Å². The summed E-state index contributed by atoms with van der Waals surface area (Å²) in [6.07, 6.45) is 0. The molecule has 0 bridgehead atoms. The second-order valence-electron chi connectivity index (χ2n) is 3.97. The van der Waals surface area contributed by atoms with Crippen molar-refractivity contribution < 1.29 is 50.8 Å². The molecule has 0 saturated carbocycles. The van der Waals surface area contributed by atoms with E-state index in [2.05, 4.69) is 5.32 Å². The molecule has 0 aliphatic rings. The molecule has 0 aliphatic heterocycles. The number of hydrogen-bond acceptors (Lipinski definition) is 3. The Morgan fingerprint density at radius 3 is 2.14 bits per heavy atom. The van der Waals surface area contributed by atoms with Crippen LogP contribution in [0.15, 0.2) is 42.5 Å². The minimum Gasteiger partial charge on any atom is -1.00 e. The predicted octanol–water partition coefficient (Wildman–Crippen LogP) is 0.597. The molecule has 0 unspecified atom stereocenters. The van der Waals surface area contributed by atoms with E-state index in [-0.39, 0.29) is 47.8 Å². The largest absolute Gasteiger partial charge is 1.00 e. The van der Waals surface area contributed by atoms with Gasteiger partial charge in [-0.05, 0) is 30.3 Å². The Kier molecular flexibility index (Phi) is 6.23. The van der Waals surface area contributed by atoms with Gasteiger partial charge in [-0.3, -0.25) is 0 Å². The van der Waals surface area contributed by atoms with Gasteiger partial charge < -0.3 is 17.0 Å². The number of rotatable bonds is 4. The Bertz CT molecular complexity index is 696. The summed E-state index contributed by atoms with van der Waals surface area (Å²) >= 11 is 5.84. The van der Waals surface area contributed by atoms with Gasteiger partial charge in [0.2, 0.25) is 0 Å². The number of hydrogen-bond donors (Lipinski definition) is 3. The third-order valence-corrected chi connectivity index (χ3v) is 2.87. The quantitative estimate of drug-likeness (QED) is 0.719. The summed E-state index contributed by atoms with van der Waals surface area (Å²) < 4.78 is 0. The molecular weight excluding hydrogens is 305 g/mol. The zero-order chi connectivity index (χ0) is 14.7. The molecule has 0 heterocycles. The number of carboxylic acids is 2. The van der Waals surface area contributed by atoms with Crippen molar-refractivity contribution in [3.63, 3.8) is 0 Å². The third-order valence-electron chi connectivity index (χ3n) is 2.64. The number of para-hydroxylation sites is 1. The first-order valence-electron chi connectivity index (χ1n) is 5.61. The van der Waals surface area contributed by atoms with Crippen LogP contribution >= 0.6 is 11.6 Å². The molecular formula is C14H11ClNNaO4. The molecule has 0 radical (unpaired) electrons. The first-order chi connectivity index (χ1) is 9.49. The summed E-state index contributed by atoms with van der Waals surface area (Å²) in [6, 6.07) is 10.5. The van der Waals surface area contributed by atoms with Gasteiger partial charge in [0.05, 0.1) is 22.5 Å². The van der Waals surface area contributed by atoms with Gasteiger partial charge in [-0.15, -0.1) is 0 Å². The zero-order valence-electron chi connectivity index (χ0n) is 12.1. The van der Waals surface area contributed by atoms with E-state index >= 15 is 0 Å².